The van der Waals surface area contributed by atoms with E-state index in [1.807, 2.05) is 49.4 Å². The van der Waals surface area contributed by atoms with Crippen LogP contribution in [0.4, 0.5) is 0 Å². The molecule has 0 bridgehead atoms. The fraction of sp³-hybridized carbons (Fsp3) is 0.407. The number of fused-ring (bicyclic) bond motifs is 1. The quantitative estimate of drug-likeness (QED) is 0.524. The van der Waals surface area contributed by atoms with Gasteiger partial charge in [-0.25, -0.2) is 4.79 Å². The molecule has 168 valence electrons. The van der Waals surface area contributed by atoms with Gasteiger partial charge in [-0.15, -0.1) is 0 Å². The molecule has 32 heavy (non-hydrogen) atoms. The highest BCUT2D eigenvalue weighted by molar-refractivity contribution is 6.07. The summed E-state index contributed by atoms with van der Waals surface area (Å²) in [6.07, 6.45) is 5.89. The number of piperidine rings is 1. The van der Waals surface area contributed by atoms with Crippen molar-refractivity contribution >= 4 is 16.7 Å². The van der Waals surface area contributed by atoms with Gasteiger partial charge < -0.3 is 14.6 Å². The third-order valence-electron chi connectivity index (χ3n) is 6.51. The van der Waals surface area contributed by atoms with Gasteiger partial charge in [0, 0.05) is 30.1 Å². The van der Waals surface area contributed by atoms with Gasteiger partial charge in [0.05, 0.1) is 5.39 Å². The normalized spacial score (nSPS) is 16.9. The minimum Gasteiger partial charge on any atom is -0.416 e. The average molecular weight is 433 g/mol. The number of nitrogens with zero attached hydrogens (tertiary/aromatic N) is 1. The second-order valence-corrected chi connectivity index (χ2v) is 8.71. The van der Waals surface area contributed by atoms with Gasteiger partial charge in [0.25, 0.3) is 5.91 Å². The van der Waals surface area contributed by atoms with Crippen molar-refractivity contribution in [1.29, 1.82) is 0 Å². The predicted molar refractivity (Wildman–Crippen MR) is 129 cm³/mol. The van der Waals surface area contributed by atoms with Crippen LogP contribution >= 0.6 is 0 Å². The summed E-state index contributed by atoms with van der Waals surface area (Å²) in [5, 5.41) is 4.20. The van der Waals surface area contributed by atoms with Crippen LogP contribution in [0.15, 0.2) is 57.7 Å². The molecule has 1 aliphatic rings. The zero-order valence-electron chi connectivity index (χ0n) is 19.0. The number of hydrogen-bond acceptors (Lipinski definition) is 4. The molecular formula is C27H32N2O3. The number of nitrogens with one attached hydrogen (secondary N) is 1. The number of likely N-dealkylation sites (tertiary alicyclic amines) is 1. The lowest BCUT2D eigenvalue weighted by Crippen LogP contribution is -2.40. The van der Waals surface area contributed by atoms with E-state index in [-0.39, 0.29) is 11.7 Å². The largest absolute Gasteiger partial charge is 0.416 e. The molecule has 5 heteroatoms. The second kappa shape index (κ2) is 10.1. The minimum atomic E-state index is -0.485. The number of aryl methyl sites for hydroxylation is 1. The van der Waals surface area contributed by atoms with Crippen LogP contribution in [0, 0.1) is 6.92 Å². The topological polar surface area (TPSA) is 62.6 Å². The highest BCUT2D eigenvalue weighted by Crippen LogP contribution is 2.31. The Labute approximate surface area is 189 Å². The SMILES string of the molecule is CCC1CCCCN1CCCNC(=O)c1oc(=O)c2ccccc2c1-c1ccc(C)cc1. The Kier molecular flexibility index (Phi) is 7.05. The molecule has 2 heterocycles. The molecule has 3 aromatic rings. The molecule has 0 aliphatic carbocycles. The van der Waals surface area contributed by atoms with Crippen LogP contribution in [0.25, 0.3) is 21.9 Å². The van der Waals surface area contributed by atoms with Crippen LogP contribution in [0.2, 0.25) is 0 Å². The van der Waals surface area contributed by atoms with Crippen LogP contribution in [0.3, 0.4) is 0 Å². The number of rotatable bonds is 7. The third-order valence-corrected chi connectivity index (χ3v) is 6.51. The Morgan fingerprint density at radius 1 is 1.09 bits per heavy atom. The number of hydrogen-bond donors (Lipinski definition) is 1. The van der Waals surface area contributed by atoms with Crippen molar-refractivity contribution in [3.8, 4) is 11.1 Å². The molecular weight excluding hydrogens is 400 g/mol. The maximum absolute atomic E-state index is 13.1. The van der Waals surface area contributed by atoms with Crippen molar-refractivity contribution < 1.29 is 9.21 Å². The Morgan fingerprint density at radius 3 is 2.59 bits per heavy atom. The van der Waals surface area contributed by atoms with E-state index in [0.717, 1.165) is 36.0 Å². The van der Waals surface area contributed by atoms with Crippen molar-refractivity contribution in [2.75, 3.05) is 19.6 Å². The molecule has 1 unspecified atom stereocenters. The molecule has 0 saturated carbocycles. The molecule has 1 aromatic heterocycles. The number of benzene rings is 2. The second-order valence-electron chi connectivity index (χ2n) is 8.71. The molecule has 0 radical (unpaired) electrons. The Balaban J connectivity index is 1.55. The van der Waals surface area contributed by atoms with Crippen LogP contribution in [-0.2, 0) is 0 Å². The van der Waals surface area contributed by atoms with Gasteiger partial charge in [-0.05, 0) is 50.8 Å². The monoisotopic (exact) mass is 432 g/mol. The van der Waals surface area contributed by atoms with Crippen LogP contribution in [0.1, 0.15) is 55.1 Å². The standard InChI is InChI=1S/C27H32N2O3/c1-3-21-9-6-7-17-29(21)18-8-16-28-26(30)25-24(20-14-12-19(2)13-15-20)22-10-4-5-11-23(22)27(31)32-25/h4-5,10-15,21H,3,6-9,16-18H2,1-2H3,(H,28,30). The highest BCUT2D eigenvalue weighted by atomic mass is 16.4. The number of carbonyl (C=O) groups is 1. The van der Waals surface area contributed by atoms with Crippen LogP contribution in [-0.4, -0.2) is 36.5 Å². The van der Waals surface area contributed by atoms with Gasteiger partial charge in [-0.1, -0.05) is 61.4 Å². The Hall–Kier alpha value is -2.92. The summed E-state index contributed by atoms with van der Waals surface area (Å²) >= 11 is 0. The fourth-order valence-corrected chi connectivity index (χ4v) is 4.75. The predicted octanol–water partition coefficient (Wildman–Crippen LogP) is 5.15. The summed E-state index contributed by atoms with van der Waals surface area (Å²) < 4.78 is 5.57. The molecule has 1 aliphatic heterocycles. The van der Waals surface area contributed by atoms with E-state index >= 15 is 0 Å². The lowest BCUT2D eigenvalue weighted by atomic mass is 9.97. The molecule has 1 atom stereocenters. The van der Waals surface area contributed by atoms with Gasteiger partial charge in [0.1, 0.15) is 0 Å². The molecule has 1 amide bonds. The van der Waals surface area contributed by atoms with E-state index < -0.39 is 5.63 Å². The lowest BCUT2D eigenvalue weighted by molar-refractivity contribution is 0.0917. The van der Waals surface area contributed by atoms with Crippen molar-refractivity contribution in [1.82, 2.24) is 10.2 Å². The zero-order valence-corrected chi connectivity index (χ0v) is 19.0. The molecule has 1 fully saturated rings. The smallest absolute Gasteiger partial charge is 0.344 e. The summed E-state index contributed by atoms with van der Waals surface area (Å²) in [6, 6.07) is 15.9. The molecule has 1 N–H and O–H groups in total. The third kappa shape index (κ3) is 4.78. The first-order valence-corrected chi connectivity index (χ1v) is 11.7. The lowest BCUT2D eigenvalue weighted by Gasteiger charge is -2.35. The van der Waals surface area contributed by atoms with E-state index in [1.54, 1.807) is 6.07 Å². The minimum absolute atomic E-state index is 0.0851. The van der Waals surface area contributed by atoms with Gasteiger partial charge in [0.2, 0.25) is 5.76 Å². The summed E-state index contributed by atoms with van der Waals surface area (Å²) in [5.41, 5.74) is 2.17. The summed E-state index contributed by atoms with van der Waals surface area (Å²) in [7, 11) is 0. The van der Waals surface area contributed by atoms with E-state index in [4.69, 9.17) is 4.42 Å². The maximum Gasteiger partial charge on any atom is 0.344 e. The summed E-state index contributed by atoms with van der Waals surface area (Å²) in [6.45, 7) is 6.94. The number of carbonyl (C=O) groups excluding carboxylic acids is 1. The molecule has 0 spiro atoms. The first-order chi connectivity index (χ1) is 15.6. The van der Waals surface area contributed by atoms with E-state index in [2.05, 4.69) is 17.1 Å². The fourth-order valence-electron chi connectivity index (χ4n) is 4.75. The summed E-state index contributed by atoms with van der Waals surface area (Å²) in [5.74, 6) is -0.254. The van der Waals surface area contributed by atoms with E-state index in [0.29, 0.717) is 23.5 Å². The molecule has 5 nitrogen and oxygen atoms in total. The van der Waals surface area contributed by atoms with E-state index in [9.17, 15) is 9.59 Å². The van der Waals surface area contributed by atoms with Gasteiger partial charge in [0.15, 0.2) is 0 Å². The van der Waals surface area contributed by atoms with Crippen molar-refractivity contribution in [2.45, 2.75) is 52.0 Å². The molecule has 1 saturated heterocycles. The van der Waals surface area contributed by atoms with Crippen molar-refractivity contribution in [3.63, 3.8) is 0 Å². The van der Waals surface area contributed by atoms with Crippen LogP contribution < -0.4 is 10.9 Å². The maximum atomic E-state index is 13.1. The molecule has 2 aromatic carbocycles. The van der Waals surface area contributed by atoms with E-state index in [1.165, 1.54) is 25.7 Å². The molecule has 4 rings (SSSR count). The summed E-state index contributed by atoms with van der Waals surface area (Å²) in [4.78, 5) is 28.3. The average Bonchev–Trinajstić information content (AvgIpc) is 2.82. The van der Waals surface area contributed by atoms with Gasteiger partial charge >= 0.3 is 5.63 Å². The number of amides is 1. The van der Waals surface area contributed by atoms with Crippen LogP contribution in [0.5, 0.6) is 0 Å². The van der Waals surface area contributed by atoms with Gasteiger partial charge in [-0.3, -0.25) is 4.79 Å². The first kappa shape index (κ1) is 22.3. The van der Waals surface area contributed by atoms with Gasteiger partial charge in [-0.2, -0.15) is 0 Å². The highest BCUT2D eigenvalue weighted by Gasteiger charge is 2.22. The zero-order chi connectivity index (χ0) is 22.5. The first-order valence-electron chi connectivity index (χ1n) is 11.7. The Morgan fingerprint density at radius 2 is 1.84 bits per heavy atom. The van der Waals surface area contributed by atoms with Crippen molar-refractivity contribution in [2.24, 2.45) is 0 Å². The van der Waals surface area contributed by atoms with Crippen molar-refractivity contribution in [3.05, 3.63) is 70.3 Å². The Bertz CT molecular complexity index is 1130.